The van der Waals surface area contributed by atoms with E-state index in [-0.39, 0.29) is 18.0 Å². The van der Waals surface area contributed by atoms with Gasteiger partial charge in [0.25, 0.3) is 0 Å². The van der Waals surface area contributed by atoms with E-state index in [1.165, 1.54) is 0 Å². The Morgan fingerprint density at radius 1 is 0.773 bits per heavy atom. The molecule has 3 aromatic carbocycles. The van der Waals surface area contributed by atoms with E-state index in [0.29, 0.717) is 15.6 Å². The summed E-state index contributed by atoms with van der Waals surface area (Å²) in [5.74, 6) is -0.336. The molecule has 0 aliphatic carbocycles. The van der Waals surface area contributed by atoms with Crippen LogP contribution in [0.2, 0.25) is 0 Å². The van der Waals surface area contributed by atoms with Gasteiger partial charge in [-0.1, -0.05) is 70.5 Å². The quantitative estimate of drug-likeness (QED) is 0.485. The highest BCUT2D eigenvalue weighted by Gasteiger charge is 2.15. The zero-order valence-corrected chi connectivity index (χ0v) is 13.3. The maximum Gasteiger partial charge on any atom is 0.171 e. The van der Waals surface area contributed by atoms with Crippen LogP contribution in [0.4, 0.5) is 0 Å². The molecular formula is C19H13BrO2. The smallest absolute Gasteiger partial charge is 0.171 e. The van der Waals surface area contributed by atoms with Crippen molar-refractivity contribution in [3.8, 4) is 0 Å². The topological polar surface area (TPSA) is 34.1 Å². The zero-order chi connectivity index (χ0) is 15.5. The van der Waals surface area contributed by atoms with Gasteiger partial charge in [0, 0.05) is 15.6 Å². The van der Waals surface area contributed by atoms with Gasteiger partial charge in [-0.2, -0.15) is 0 Å². The molecule has 0 N–H and O–H groups in total. The lowest BCUT2D eigenvalue weighted by atomic mass is 9.99. The van der Waals surface area contributed by atoms with Crippen LogP contribution in [0.25, 0.3) is 10.8 Å². The van der Waals surface area contributed by atoms with Crippen molar-refractivity contribution in [2.75, 3.05) is 0 Å². The molecule has 108 valence electrons. The van der Waals surface area contributed by atoms with E-state index >= 15 is 0 Å². The van der Waals surface area contributed by atoms with Gasteiger partial charge in [0.1, 0.15) is 0 Å². The van der Waals surface area contributed by atoms with Crippen LogP contribution < -0.4 is 0 Å². The maximum absolute atomic E-state index is 12.3. The first-order chi connectivity index (χ1) is 10.6. The molecule has 0 amide bonds. The number of rotatable bonds is 4. The van der Waals surface area contributed by atoms with Crippen LogP contribution in [0, 0.1) is 0 Å². The van der Waals surface area contributed by atoms with Crippen molar-refractivity contribution in [3.05, 3.63) is 82.3 Å². The average Bonchev–Trinajstić information content (AvgIpc) is 2.54. The van der Waals surface area contributed by atoms with Crippen LogP contribution in [0.3, 0.4) is 0 Å². The highest BCUT2D eigenvalue weighted by molar-refractivity contribution is 9.10. The number of carbonyl (C=O) groups is 2. The van der Waals surface area contributed by atoms with Gasteiger partial charge in [-0.25, -0.2) is 0 Å². The number of hydrogen-bond donors (Lipinski definition) is 0. The second-order valence-corrected chi connectivity index (χ2v) is 5.92. The van der Waals surface area contributed by atoms with E-state index in [4.69, 9.17) is 0 Å². The third kappa shape index (κ3) is 3.00. The Kier molecular flexibility index (Phi) is 4.16. The van der Waals surface area contributed by atoms with Crippen LogP contribution in [0.15, 0.2) is 71.2 Å². The van der Waals surface area contributed by atoms with E-state index < -0.39 is 0 Å². The van der Waals surface area contributed by atoms with Gasteiger partial charge in [-0.05, 0) is 22.9 Å². The molecule has 0 aliphatic heterocycles. The molecule has 0 radical (unpaired) electrons. The number of halogens is 1. The lowest BCUT2D eigenvalue weighted by molar-refractivity contribution is 0.0894. The van der Waals surface area contributed by atoms with Gasteiger partial charge in [0.2, 0.25) is 0 Å². The highest BCUT2D eigenvalue weighted by Crippen LogP contribution is 2.20. The molecule has 0 saturated heterocycles. The van der Waals surface area contributed by atoms with E-state index in [2.05, 4.69) is 15.9 Å². The second-order valence-electron chi connectivity index (χ2n) is 5.06. The first kappa shape index (κ1) is 14.7. The normalized spacial score (nSPS) is 10.6. The van der Waals surface area contributed by atoms with Crippen molar-refractivity contribution in [2.45, 2.75) is 6.42 Å². The molecular weight excluding hydrogens is 340 g/mol. The summed E-state index contributed by atoms with van der Waals surface area (Å²) >= 11 is 3.34. The minimum atomic E-state index is -0.175. The Bertz CT molecular complexity index is 868. The first-order valence-corrected chi connectivity index (χ1v) is 7.74. The molecule has 0 saturated carbocycles. The van der Waals surface area contributed by atoms with Crippen LogP contribution >= 0.6 is 15.9 Å². The number of hydrogen-bond acceptors (Lipinski definition) is 2. The standard InChI is InChI=1S/C19H13BrO2/c20-17-8-4-3-7-16(17)19(22)12-18(21)15-10-9-13-5-1-2-6-14(13)11-15/h1-11H,12H2. The third-order valence-corrected chi connectivity index (χ3v) is 4.26. The van der Waals surface area contributed by atoms with E-state index in [9.17, 15) is 9.59 Å². The molecule has 0 bridgehead atoms. The van der Waals surface area contributed by atoms with Crippen molar-refractivity contribution < 1.29 is 9.59 Å². The monoisotopic (exact) mass is 352 g/mol. The lowest BCUT2D eigenvalue weighted by Gasteiger charge is -2.05. The number of Topliss-reactive ketones (excluding diaryl/α,β-unsaturated/α-hetero) is 2. The summed E-state index contributed by atoms with van der Waals surface area (Å²) in [6, 6.07) is 20.5. The summed E-state index contributed by atoms with van der Waals surface area (Å²) < 4.78 is 0.714. The fourth-order valence-corrected chi connectivity index (χ4v) is 2.90. The molecule has 0 atom stereocenters. The van der Waals surface area contributed by atoms with Crippen molar-refractivity contribution in [2.24, 2.45) is 0 Å². The van der Waals surface area contributed by atoms with E-state index in [1.54, 1.807) is 24.3 Å². The van der Waals surface area contributed by atoms with E-state index in [0.717, 1.165) is 10.8 Å². The average molecular weight is 353 g/mol. The highest BCUT2D eigenvalue weighted by atomic mass is 79.9. The molecule has 2 nitrogen and oxygen atoms in total. The predicted molar refractivity (Wildman–Crippen MR) is 91.4 cm³/mol. The number of benzene rings is 3. The largest absolute Gasteiger partial charge is 0.294 e. The Labute approximate surface area is 136 Å². The summed E-state index contributed by atoms with van der Waals surface area (Å²) in [4.78, 5) is 24.6. The van der Waals surface area contributed by atoms with Gasteiger partial charge in [-0.3, -0.25) is 9.59 Å². The fourth-order valence-electron chi connectivity index (χ4n) is 2.39. The molecule has 0 unspecified atom stereocenters. The Morgan fingerprint density at radius 2 is 1.45 bits per heavy atom. The fraction of sp³-hybridized carbons (Fsp3) is 0.0526. The SMILES string of the molecule is O=C(CC(=O)c1ccccc1Br)c1ccc2ccccc2c1. The van der Waals surface area contributed by atoms with Gasteiger partial charge < -0.3 is 0 Å². The Hall–Kier alpha value is -2.26. The molecule has 0 heterocycles. The van der Waals surface area contributed by atoms with Gasteiger partial charge in [-0.15, -0.1) is 0 Å². The van der Waals surface area contributed by atoms with Crippen LogP contribution in [0.1, 0.15) is 27.1 Å². The molecule has 0 spiro atoms. The van der Waals surface area contributed by atoms with E-state index in [1.807, 2.05) is 42.5 Å². The number of fused-ring (bicyclic) bond motifs is 1. The van der Waals surface area contributed by atoms with Gasteiger partial charge in [0.15, 0.2) is 11.6 Å². The van der Waals surface area contributed by atoms with Crippen molar-refractivity contribution in [3.63, 3.8) is 0 Å². The summed E-state index contributed by atoms with van der Waals surface area (Å²) in [6.07, 6.45) is -0.124. The maximum atomic E-state index is 12.3. The summed E-state index contributed by atoms with van der Waals surface area (Å²) in [6.45, 7) is 0. The lowest BCUT2D eigenvalue weighted by Crippen LogP contribution is -2.09. The zero-order valence-electron chi connectivity index (χ0n) is 11.8. The second kappa shape index (κ2) is 6.24. The number of ketones is 2. The summed E-state index contributed by atoms with van der Waals surface area (Å²) in [7, 11) is 0. The molecule has 3 heteroatoms. The minimum Gasteiger partial charge on any atom is -0.294 e. The molecule has 0 fully saturated rings. The molecule has 3 rings (SSSR count). The molecule has 22 heavy (non-hydrogen) atoms. The van der Waals surface area contributed by atoms with Crippen LogP contribution in [-0.4, -0.2) is 11.6 Å². The van der Waals surface area contributed by atoms with Crippen molar-refractivity contribution in [1.82, 2.24) is 0 Å². The van der Waals surface area contributed by atoms with Crippen molar-refractivity contribution >= 4 is 38.3 Å². The predicted octanol–water partition coefficient (Wildman–Crippen LogP) is 5.06. The molecule has 0 aromatic heterocycles. The molecule has 3 aromatic rings. The number of carbonyl (C=O) groups excluding carboxylic acids is 2. The van der Waals surface area contributed by atoms with Gasteiger partial charge in [0.05, 0.1) is 6.42 Å². The van der Waals surface area contributed by atoms with Crippen LogP contribution in [0.5, 0.6) is 0 Å². The third-order valence-electron chi connectivity index (χ3n) is 3.57. The summed E-state index contributed by atoms with van der Waals surface area (Å²) in [5, 5.41) is 2.08. The minimum absolute atomic E-state index is 0.124. The van der Waals surface area contributed by atoms with Gasteiger partial charge >= 0.3 is 0 Å². The Morgan fingerprint density at radius 3 is 2.23 bits per heavy atom. The Balaban J connectivity index is 1.84. The van der Waals surface area contributed by atoms with Crippen LogP contribution in [-0.2, 0) is 0 Å². The molecule has 0 aliphatic rings. The van der Waals surface area contributed by atoms with Crippen molar-refractivity contribution in [1.29, 1.82) is 0 Å². The first-order valence-electron chi connectivity index (χ1n) is 6.95. The summed E-state index contributed by atoms with van der Waals surface area (Å²) in [5.41, 5.74) is 1.11.